The van der Waals surface area contributed by atoms with Crippen molar-refractivity contribution in [2.24, 2.45) is 5.92 Å². The van der Waals surface area contributed by atoms with E-state index in [0.29, 0.717) is 5.92 Å². The van der Waals surface area contributed by atoms with E-state index in [2.05, 4.69) is 0 Å². The minimum Gasteiger partial charge on any atom is -0.460 e. The molecule has 1 unspecified atom stereocenters. The Kier molecular flexibility index (Phi) is 4.22. The maximum Gasteiger partial charge on any atom is 0.335 e. The van der Waals surface area contributed by atoms with Gasteiger partial charge in [-0.2, -0.15) is 0 Å². The molecule has 0 amide bonds. The molecule has 2 saturated carbocycles. The highest BCUT2D eigenvalue weighted by Gasteiger charge is 2.26. The van der Waals surface area contributed by atoms with E-state index in [-0.39, 0.29) is 18.2 Å². The van der Waals surface area contributed by atoms with E-state index in [1.807, 2.05) is 0 Å². The van der Waals surface area contributed by atoms with Gasteiger partial charge in [0.15, 0.2) is 6.10 Å². The fourth-order valence-corrected chi connectivity index (χ4v) is 2.08. The first kappa shape index (κ1) is 11.9. The van der Waals surface area contributed by atoms with Gasteiger partial charge in [0.1, 0.15) is 6.10 Å². The molecule has 0 heterocycles. The predicted octanol–water partition coefficient (Wildman–Crippen LogP) is 2.68. The van der Waals surface area contributed by atoms with E-state index in [1.165, 1.54) is 32.1 Å². The van der Waals surface area contributed by atoms with Crippen LogP contribution in [0.5, 0.6) is 0 Å². The molecule has 3 heteroatoms. The van der Waals surface area contributed by atoms with Crippen LogP contribution in [0.25, 0.3) is 0 Å². The van der Waals surface area contributed by atoms with Crippen molar-refractivity contribution in [3.63, 3.8) is 0 Å². The zero-order valence-corrected chi connectivity index (χ0v) is 10.1. The minimum atomic E-state index is -0.387. The van der Waals surface area contributed by atoms with Crippen LogP contribution in [-0.2, 0) is 14.3 Å². The molecular formula is C13H22O3. The van der Waals surface area contributed by atoms with Gasteiger partial charge in [0.2, 0.25) is 0 Å². The van der Waals surface area contributed by atoms with Crippen LogP contribution in [0.3, 0.4) is 0 Å². The SMILES string of the molecule is CC(OCC1CC1)C(=O)OC1CCCCC1. The van der Waals surface area contributed by atoms with E-state index in [1.54, 1.807) is 6.92 Å². The van der Waals surface area contributed by atoms with Gasteiger partial charge in [0.05, 0.1) is 6.61 Å². The predicted molar refractivity (Wildman–Crippen MR) is 61.1 cm³/mol. The van der Waals surface area contributed by atoms with Crippen molar-refractivity contribution in [3.8, 4) is 0 Å². The van der Waals surface area contributed by atoms with Gasteiger partial charge >= 0.3 is 5.97 Å². The van der Waals surface area contributed by atoms with Gasteiger partial charge in [-0.05, 0) is 51.4 Å². The summed E-state index contributed by atoms with van der Waals surface area (Å²) in [5, 5.41) is 0. The second kappa shape index (κ2) is 5.67. The number of carbonyl (C=O) groups excluding carboxylic acids is 1. The molecule has 2 fully saturated rings. The molecule has 0 aromatic heterocycles. The molecule has 2 aliphatic carbocycles. The molecule has 0 spiro atoms. The first-order valence-electron chi connectivity index (χ1n) is 6.58. The number of ether oxygens (including phenoxy) is 2. The topological polar surface area (TPSA) is 35.5 Å². The van der Waals surface area contributed by atoms with Crippen LogP contribution in [0, 0.1) is 5.92 Å². The third-order valence-corrected chi connectivity index (χ3v) is 3.45. The van der Waals surface area contributed by atoms with Gasteiger partial charge in [-0.15, -0.1) is 0 Å². The third kappa shape index (κ3) is 3.78. The molecule has 3 nitrogen and oxygen atoms in total. The standard InChI is InChI=1S/C13H22O3/c1-10(15-9-11-7-8-11)13(14)16-12-5-3-2-4-6-12/h10-12H,2-9H2,1H3. The quantitative estimate of drug-likeness (QED) is 0.676. The smallest absolute Gasteiger partial charge is 0.335 e. The summed E-state index contributed by atoms with van der Waals surface area (Å²) in [5.41, 5.74) is 0. The average Bonchev–Trinajstić information content (AvgIpc) is 3.11. The Bertz CT molecular complexity index is 229. The molecule has 16 heavy (non-hydrogen) atoms. The summed E-state index contributed by atoms with van der Waals surface area (Å²) >= 11 is 0. The van der Waals surface area contributed by atoms with Crippen molar-refractivity contribution in [2.75, 3.05) is 6.61 Å². The Morgan fingerprint density at radius 3 is 2.50 bits per heavy atom. The van der Waals surface area contributed by atoms with Crippen LogP contribution in [0.4, 0.5) is 0 Å². The van der Waals surface area contributed by atoms with Crippen LogP contribution >= 0.6 is 0 Å². The molecule has 0 aliphatic heterocycles. The van der Waals surface area contributed by atoms with Gasteiger partial charge in [-0.3, -0.25) is 0 Å². The number of esters is 1. The highest BCUT2D eigenvalue weighted by atomic mass is 16.6. The maximum atomic E-state index is 11.7. The Morgan fingerprint density at radius 2 is 1.88 bits per heavy atom. The van der Waals surface area contributed by atoms with E-state index in [4.69, 9.17) is 9.47 Å². The Hall–Kier alpha value is -0.570. The molecular weight excluding hydrogens is 204 g/mol. The van der Waals surface area contributed by atoms with E-state index >= 15 is 0 Å². The lowest BCUT2D eigenvalue weighted by atomic mass is 9.98. The Labute approximate surface area is 97.5 Å². The van der Waals surface area contributed by atoms with Crippen LogP contribution in [0.1, 0.15) is 51.9 Å². The van der Waals surface area contributed by atoms with Gasteiger partial charge in [0.25, 0.3) is 0 Å². The lowest BCUT2D eigenvalue weighted by Gasteiger charge is -2.23. The molecule has 0 bridgehead atoms. The first-order chi connectivity index (χ1) is 7.75. The zero-order valence-electron chi connectivity index (χ0n) is 10.1. The summed E-state index contributed by atoms with van der Waals surface area (Å²) in [7, 11) is 0. The van der Waals surface area contributed by atoms with E-state index in [0.717, 1.165) is 19.4 Å². The van der Waals surface area contributed by atoms with Gasteiger partial charge in [-0.1, -0.05) is 6.42 Å². The lowest BCUT2D eigenvalue weighted by molar-refractivity contribution is -0.163. The molecule has 0 N–H and O–H groups in total. The molecule has 1 atom stereocenters. The van der Waals surface area contributed by atoms with Crippen molar-refractivity contribution >= 4 is 5.97 Å². The second-order valence-electron chi connectivity index (χ2n) is 5.12. The summed E-state index contributed by atoms with van der Waals surface area (Å²) < 4.78 is 10.9. The molecule has 0 aromatic rings. The molecule has 92 valence electrons. The van der Waals surface area contributed by atoms with E-state index < -0.39 is 0 Å². The highest BCUT2D eigenvalue weighted by Crippen LogP contribution is 2.29. The van der Waals surface area contributed by atoms with Crippen molar-refractivity contribution in [3.05, 3.63) is 0 Å². The molecule has 0 saturated heterocycles. The van der Waals surface area contributed by atoms with Gasteiger partial charge < -0.3 is 9.47 Å². The van der Waals surface area contributed by atoms with Gasteiger partial charge in [0, 0.05) is 0 Å². The summed E-state index contributed by atoms with van der Waals surface area (Å²) in [6.07, 6.45) is 7.99. The summed E-state index contributed by atoms with van der Waals surface area (Å²) in [6.45, 7) is 2.52. The monoisotopic (exact) mass is 226 g/mol. The fraction of sp³-hybridized carbons (Fsp3) is 0.923. The second-order valence-corrected chi connectivity index (χ2v) is 5.12. The van der Waals surface area contributed by atoms with Crippen molar-refractivity contribution in [1.82, 2.24) is 0 Å². The molecule has 2 rings (SSSR count). The normalized spacial score (nSPS) is 24.1. The summed E-state index contributed by atoms with van der Waals surface area (Å²) in [6, 6.07) is 0. The summed E-state index contributed by atoms with van der Waals surface area (Å²) in [4.78, 5) is 11.7. The number of hydrogen-bond donors (Lipinski definition) is 0. The number of rotatable bonds is 5. The molecule has 0 aromatic carbocycles. The Balaban J connectivity index is 1.64. The van der Waals surface area contributed by atoms with Crippen LogP contribution in [0.2, 0.25) is 0 Å². The van der Waals surface area contributed by atoms with E-state index in [9.17, 15) is 4.79 Å². The van der Waals surface area contributed by atoms with Crippen LogP contribution < -0.4 is 0 Å². The van der Waals surface area contributed by atoms with Crippen molar-refractivity contribution in [2.45, 2.75) is 64.1 Å². The number of carbonyl (C=O) groups is 1. The zero-order chi connectivity index (χ0) is 11.4. The largest absolute Gasteiger partial charge is 0.460 e. The Morgan fingerprint density at radius 1 is 1.19 bits per heavy atom. The van der Waals surface area contributed by atoms with Crippen molar-refractivity contribution < 1.29 is 14.3 Å². The van der Waals surface area contributed by atoms with Crippen LogP contribution in [-0.4, -0.2) is 24.8 Å². The third-order valence-electron chi connectivity index (χ3n) is 3.45. The minimum absolute atomic E-state index is 0.147. The van der Waals surface area contributed by atoms with Gasteiger partial charge in [-0.25, -0.2) is 4.79 Å². The molecule has 2 aliphatic rings. The maximum absolute atomic E-state index is 11.7. The lowest BCUT2D eigenvalue weighted by Crippen LogP contribution is -2.29. The number of hydrogen-bond acceptors (Lipinski definition) is 3. The highest BCUT2D eigenvalue weighted by molar-refractivity contribution is 5.74. The van der Waals surface area contributed by atoms with Crippen LogP contribution in [0.15, 0.2) is 0 Å². The average molecular weight is 226 g/mol. The van der Waals surface area contributed by atoms with Crippen molar-refractivity contribution in [1.29, 1.82) is 0 Å². The molecule has 0 radical (unpaired) electrons. The fourth-order valence-electron chi connectivity index (χ4n) is 2.08. The first-order valence-corrected chi connectivity index (χ1v) is 6.58. The summed E-state index contributed by atoms with van der Waals surface area (Å²) in [5.74, 6) is 0.525.